The number of nitrogens with zero attached hydrogens (tertiary/aromatic N) is 2. The molecule has 0 saturated carbocycles. The van der Waals surface area contributed by atoms with Crippen LogP contribution in [0.5, 0.6) is 0 Å². The zero-order valence-corrected chi connectivity index (χ0v) is 23.9. The minimum Gasteiger partial charge on any atom is -0.355 e. The Morgan fingerprint density at radius 3 is 2.33 bits per heavy atom. The van der Waals surface area contributed by atoms with Crippen molar-refractivity contribution in [1.82, 2.24) is 10.2 Å². The number of sulfonamides is 1. The molecule has 11 heteroatoms. The molecule has 0 aliphatic carbocycles. The fourth-order valence-electron chi connectivity index (χ4n) is 3.89. The molecule has 0 radical (unpaired) electrons. The van der Waals surface area contributed by atoms with Crippen LogP contribution in [0.25, 0.3) is 0 Å². The van der Waals surface area contributed by atoms with Gasteiger partial charge >= 0.3 is 0 Å². The number of anilines is 1. The summed E-state index contributed by atoms with van der Waals surface area (Å²) < 4.78 is 26.3. The van der Waals surface area contributed by atoms with Gasteiger partial charge in [0.05, 0.1) is 11.9 Å². The van der Waals surface area contributed by atoms with E-state index < -0.39 is 16.1 Å². The monoisotopic (exact) mass is 575 g/mol. The molecule has 198 valence electrons. The molecule has 0 aliphatic heterocycles. The number of rotatable bonds is 12. The van der Waals surface area contributed by atoms with Crippen molar-refractivity contribution in [2.75, 3.05) is 23.7 Å². The molecular formula is C25H32Cl3N3O4S. The van der Waals surface area contributed by atoms with Crippen molar-refractivity contribution >= 4 is 62.3 Å². The average Bonchev–Trinajstić information content (AvgIpc) is 2.79. The lowest BCUT2D eigenvalue weighted by Gasteiger charge is -2.31. The van der Waals surface area contributed by atoms with Crippen molar-refractivity contribution in [3.8, 4) is 0 Å². The first kappa shape index (κ1) is 30.2. The molecule has 2 aromatic rings. The van der Waals surface area contributed by atoms with Gasteiger partial charge in [0.2, 0.25) is 21.8 Å². The first-order chi connectivity index (χ1) is 16.9. The molecule has 0 unspecified atom stereocenters. The number of amides is 2. The molecule has 0 aliphatic rings. The molecule has 0 bridgehead atoms. The van der Waals surface area contributed by atoms with Crippen LogP contribution in [0.1, 0.15) is 44.2 Å². The molecular weight excluding hydrogens is 545 g/mol. The molecule has 2 aromatic carbocycles. The number of likely N-dealkylation sites (N-methyl/N-ethyl adjacent to an activating group) is 1. The van der Waals surface area contributed by atoms with Crippen molar-refractivity contribution in [1.29, 1.82) is 0 Å². The lowest BCUT2D eigenvalue weighted by molar-refractivity contribution is -0.141. The summed E-state index contributed by atoms with van der Waals surface area (Å²) in [6.45, 7) is 6.02. The Kier molecular flexibility index (Phi) is 11.3. The van der Waals surface area contributed by atoms with Crippen LogP contribution in [0, 0.1) is 6.92 Å². The van der Waals surface area contributed by atoms with E-state index in [0.29, 0.717) is 44.8 Å². The third-order valence-electron chi connectivity index (χ3n) is 5.75. The summed E-state index contributed by atoms with van der Waals surface area (Å²) in [4.78, 5) is 27.7. The van der Waals surface area contributed by atoms with Gasteiger partial charge in [0.25, 0.3) is 0 Å². The first-order valence-electron chi connectivity index (χ1n) is 11.6. The van der Waals surface area contributed by atoms with Crippen LogP contribution in [0.4, 0.5) is 5.69 Å². The van der Waals surface area contributed by atoms with Gasteiger partial charge in [-0.3, -0.25) is 13.9 Å². The maximum atomic E-state index is 13.4. The second kappa shape index (κ2) is 13.5. The summed E-state index contributed by atoms with van der Waals surface area (Å²) in [5.74, 6) is -0.541. The zero-order valence-electron chi connectivity index (χ0n) is 20.9. The molecule has 36 heavy (non-hydrogen) atoms. The fourth-order valence-corrected chi connectivity index (χ4v) is 5.55. The van der Waals surface area contributed by atoms with E-state index in [2.05, 4.69) is 5.32 Å². The standard InChI is InChI=1S/C25H32Cl3N3O4S/c1-5-22(25(33)29-6-2)30(16-18-12-13-19(26)15-21(18)28)24(32)11-8-14-31(36(4,34)35)23-10-7-9-20(27)17(23)3/h7,9-10,12-13,15,22H,5-6,8,11,14,16H2,1-4H3,(H,29,33)/t22-/m0/s1. The number of carbonyl (C=O) groups is 2. The highest BCUT2D eigenvalue weighted by atomic mass is 35.5. The van der Waals surface area contributed by atoms with Crippen LogP contribution in [-0.2, 0) is 26.2 Å². The molecule has 0 saturated heterocycles. The van der Waals surface area contributed by atoms with Gasteiger partial charge in [0.1, 0.15) is 6.04 Å². The van der Waals surface area contributed by atoms with Crippen molar-refractivity contribution in [2.45, 2.75) is 52.6 Å². The van der Waals surface area contributed by atoms with Gasteiger partial charge in [-0.2, -0.15) is 0 Å². The quantitative estimate of drug-likeness (QED) is 0.364. The molecule has 1 atom stereocenters. The first-order valence-corrected chi connectivity index (χ1v) is 14.6. The number of hydrogen-bond acceptors (Lipinski definition) is 4. The van der Waals surface area contributed by atoms with Gasteiger partial charge in [0, 0.05) is 41.1 Å². The van der Waals surface area contributed by atoms with Gasteiger partial charge in [-0.1, -0.05) is 53.9 Å². The topological polar surface area (TPSA) is 86.8 Å². The summed E-state index contributed by atoms with van der Waals surface area (Å²) >= 11 is 18.6. The van der Waals surface area contributed by atoms with Crippen LogP contribution in [-0.4, -0.2) is 50.5 Å². The SMILES string of the molecule is CCNC(=O)[C@H](CC)N(Cc1ccc(Cl)cc1Cl)C(=O)CCCN(c1cccc(Cl)c1C)S(C)(=O)=O. The maximum Gasteiger partial charge on any atom is 0.242 e. The molecule has 0 aromatic heterocycles. The lowest BCUT2D eigenvalue weighted by Crippen LogP contribution is -2.49. The van der Waals surface area contributed by atoms with Crippen LogP contribution in [0.15, 0.2) is 36.4 Å². The summed E-state index contributed by atoms with van der Waals surface area (Å²) in [5, 5.41) is 4.10. The molecule has 1 N–H and O–H groups in total. The van der Waals surface area contributed by atoms with Crippen LogP contribution in [0.3, 0.4) is 0 Å². The maximum absolute atomic E-state index is 13.4. The van der Waals surface area contributed by atoms with E-state index in [1.165, 1.54) is 9.21 Å². The Morgan fingerprint density at radius 2 is 1.75 bits per heavy atom. The minimum atomic E-state index is -3.62. The predicted molar refractivity (Wildman–Crippen MR) is 147 cm³/mol. The summed E-state index contributed by atoms with van der Waals surface area (Å²) in [5.41, 5.74) is 1.76. The van der Waals surface area contributed by atoms with E-state index in [4.69, 9.17) is 34.8 Å². The Balaban J connectivity index is 2.27. The number of hydrogen-bond donors (Lipinski definition) is 1. The molecule has 0 spiro atoms. The number of carbonyl (C=O) groups excluding carboxylic acids is 2. The highest BCUT2D eigenvalue weighted by Gasteiger charge is 2.29. The third kappa shape index (κ3) is 8.00. The van der Waals surface area contributed by atoms with Gasteiger partial charge in [-0.25, -0.2) is 8.42 Å². The van der Waals surface area contributed by atoms with Crippen LogP contribution in [0.2, 0.25) is 15.1 Å². The van der Waals surface area contributed by atoms with Gasteiger partial charge in [0.15, 0.2) is 0 Å². The Hall–Kier alpha value is -2.00. The Bertz CT molecular complexity index is 1190. The van der Waals surface area contributed by atoms with E-state index in [9.17, 15) is 18.0 Å². The van der Waals surface area contributed by atoms with Gasteiger partial charge in [-0.15, -0.1) is 0 Å². The van der Waals surface area contributed by atoms with Crippen LogP contribution >= 0.6 is 34.8 Å². The molecule has 0 fully saturated rings. The van der Waals surface area contributed by atoms with Crippen molar-refractivity contribution in [3.05, 3.63) is 62.6 Å². The largest absolute Gasteiger partial charge is 0.355 e. The molecule has 2 amide bonds. The third-order valence-corrected chi connectivity index (χ3v) is 7.93. The lowest BCUT2D eigenvalue weighted by atomic mass is 10.1. The van der Waals surface area contributed by atoms with E-state index >= 15 is 0 Å². The Morgan fingerprint density at radius 1 is 1.06 bits per heavy atom. The molecule has 0 heterocycles. The molecule has 2 rings (SSSR count). The van der Waals surface area contributed by atoms with Gasteiger partial charge in [-0.05, 0) is 62.1 Å². The minimum absolute atomic E-state index is 0.0345. The van der Waals surface area contributed by atoms with E-state index in [-0.39, 0.29) is 37.7 Å². The zero-order chi connectivity index (χ0) is 27.0. The summed E-state index contributed by atoms with van der Waals surface area (Å²) in [7, 11) is -3.62. The van der Waals surface area contributed by atoms with E-state index in [0.717, 1.165) is 6.26 Å². The normalized spacial score (nSPS) is 12.2. The van der Waals surface area contributed by atoms with Crippen molar-refractivity contribution in [2.24, 2.45) is 0 Å². The average molecular weight is 577 g/mol. The number of benzene rings is 2. The Labute approximate surface area is 228 Å². The smallest absolute Gasteiger partial charge is 0.242 e. The molecule has 7 nitrogen and oxygen atoms in total. The van der Waals surface area contributed by atoms with Gasteiger partial charge < -0.3 is 10.2 Å². The second-order valence-electron chi connectivity index (χ2n) is 8.40. The van der Waals surface area contributed by atoms with E-state index in [1.807, 2.05) is 13.8 Å². The fraction of sp³-hybridized carbons (Fsp3) is 0.440. The van der Waals surface area contributed by atoms with Crippen molar-refractivity contribution < 1.29 is 18.0 Å². The van der Waals surface area contributed by atoms with E-state index in [1.54, 1.807) is 43.3 Å². The van der Waals surface area contributed by atoms with Crippen molar-refractivity contribution in [3.63, 3.8) is 0 Å². The second-order valence-corrected chi connectivity index (χ2v) is 11.6. The number of halogens is 3. The van der Waals surface area contributed by atoms with Crippen LogP contribution < -0.4 is 9.62 Å². The number of nitrogens with one attached hydrogen (secondary N) is 1. The highest BCUT2D eigenvalue weighted by Crippen LogP contribution is 2.29. The summed E-state index contributed by atoms with van der Waals surface area (Å²) in [6.07, 6.45) is 1.80. The highest BCUT2D eigenvalue weighted by molar-refractivity contribution is 7.92. The predicted octanol–water partition coefficient (Wildman–Crippen LogP) is 5.44. The summed E-state index contributed by atoms with van der Waals surface area (Å²) in [6, 6.07) is 9.34.